The van der Waals surface area contributed by atoms with Gasteiger partial charge in [0.05, 0.1) is 27.9 Å². The lowest BCUT2D eigenvalue weighted by atomic mass is 10.1. The van der Waals surface area contributed by atoms with Gasteiger partial charge in [0.1, 0.15) is 29.7 Å². The van der Waals surface area contributed by atoms with Crippen LogP contribution in [0.25, 0.3) is 0 Å². The third kappa shape index (κ3) is 7.42. The van der Waals surface area contributed by atoms with Crippen LogP contribution in [-0.2, 0) is 20.7 Å². The maximum Gasteiger partial charge on any atom is 0.331 e. The Balaban J connectivity index is 2.15. The number of amides is 1. The van der Waals surface area contributed by atoms with E-state index in [1.54, 1.807) is 17.0 Å². The number of nitrogens with zero attached hydrogens (tertiary/aromatic N) is 1. The molecule has 9 heteroatoms. The second-order valence-electron chi connectivity index (χ2n) is 7.27. The summed E-state index contributed by atoms with van der Waals surface area (Å²) < 4.78 is 47.6. The number of rotatable bonds is 12. The van der Waals surface area contributed by atoms with E-state index >= 15 is 0 Å². The van der Waals surface area contributed by atoms with Gasteiger partial charge in [-0.05, 0) is 43.5 Å². The molecule has 0 heterocycles. The molecule has 0 aliphatic heterocycles. The zero-order valence-electron chi connectivity index (χ0n) is 19.3. The first kappa shape index (κ1) is 26.1. The third-order valence-corrected chi connectivity index (χ3v) is 5.13. The lowest BCUT2D eigenvalue weighted by molar-refractivity contribution is -0.145. The van der Waals surface area contributed by atoms with Crippen molar-refractivity contribution in [2.24, 2.45) is 0 Å². The number of hydrogen-bond donors (Lipinski definition) is 0. The van der Waals surface area contributed by atoms with Gasteiger partial charge in [0, 0.05) is 30.3 Å². The highest BCUT2D eigenvalue weighted by Gasteiger charge is 2.20. The van der Waals surface area contributed by atoms with E-state index in [2.05, 4.69) is 4.74 Å². The number of hydrogen-bond acceptors (Lipinski definition) is 6. The standard InChI is InChI=1S/C24H29F2NO6/c1-16-21(30-2)12-18(13-22(16)31-3)24(29)27(10-11-33-15-23(28)32-4)9-5-6-17-7-8-19(25)14-20(17)26/h7-8,12-14H,5-6,9-11,15H2,1-4H3. The Hall–Kier alpha value is -3.20. The summed E-state index contributed by atoms with van der Waals surface area (Å²) >= 11 is 0. The van der Waals surface area contributed by atoms with Gasteiger partial charge in [-0.3, -0.25) is 4.79 Å². The van der Waals surface area contributed by atoms with Crippen LogP contribution < -0.4 is 9.47 Å². The van der Waals surface area contributed by atoms with E-state index in [-0.39, 0.29) is 32.2 Å². The second-order valence-corrected chi connectivity index (χ2v) is 7.27. The predicted octanol–water partition coefficient (Wildman–Crippen LogP) is 3.56. The van der Waals surface area contributed by atoms with Gasteiger partial charge in [0.15, 0.2) is 0 Å². The molecule has 7 nitrogen and oxygen atoms in total. The molecule has 0 aliphatic rings. The first-order valence-electron chi connectivity index (χ1n) is 10.4. The zero-order chi connectivity index (χ0) is 24.4. The van der Waals surface area contributed by atoms with Gasteiger partial charge in [-0.15, -0.1) is 0 Å². The SMILES string of the molecule is COC(=O)COCCN(CCCc1ccc(F)cc1F)C(=O)c1cc(OC)c(C)c(OC)c1. The fourth-order valence-corrected chi connectivity index (χ4v) is 3.28. The average molecular weight is 465 g/mol. The normalized spacial score (nSPS) is 10.6. The van der Waals surface area contributed by atoms with E-state index in [1.165, 1.54) is 33.5 Å². The van der Waals surface area contributed by atoms with Gasteiger partial charge < -0.3 is 23.8 Å². The number of carbonyl (C=O) groups excluding carboxylic acids is 2. The summed E-state index contributed by atoms with van der Waals surface area (Å²) in [7, 11) is 4.27. The monoisotopic (exact) mass is 465 g/mol. The van der Waals surface area contributed by atoms with Crippen molar-refractivity contribution in [1.82, 2.24) is 4.90 Å². The molecule has 0 atom stereocenters. The summed E-state index contributed by atoms with van der Waals surface area (Å²) in [6, 6.07) is 6.69. The molecule has 2 rings (SSSR count). The van der Waals surface area contributed by atoms with Crippen molar-refractivity contribution in [3.8, 4) is 11.5 Å². The van der Waals surface area contributed by atoms with Crippen LogP contribution in [0.2, 0.25) is 0 Å². The lowest BCUT2D eigenvalue weighted by Gasteiger charge is -2.24. The Bertz CT molecular complexity index is 941. The molecule has 0 aliphatic carbocycles. The highest BCUT2D eigenvalue weighted by molar-refractivity contribution is 5.95. The molecule has 1 amide bonds. The molecular formula is C24H29F2NO6. The second kappa shape index (κ2) is 12.7. The van der Waals surface area contributed by atoms with Gasteiger partial charge in [-0.1, -0.05) is 6.07 Å². The number of methoxy groups -OCH3 is 3. The quantitative estimate of drug-likeness (QED) is 0.353. The third-order valence-electron chi connectivity index (χ3n) is 5.13. The van der Waals surface area contributed by atoms with Crippen molar-refractivity contribution < 1.29 is 37.3 Å². The first-order valence-corrected chi connectivity index (χ1v) is 10.4. The number of carbonyl (C=O) groups is 2. The minimum absolute atomic E-state index is 0.103. The van der Waals surface area contributed by atoms with Crippen LogP contribution in [0.1, 0.15) is 27.9 Å². The molecule has 2 aromatic carbocycles. The van der Waals surface area contributed by atoms with Gasteiger partial charge in [0.2, 0.25) is 0 Å². The van der Waals surface area contributed by atoms with Crippen molar-refractivity contribution >= 4 is 11.9 Å². The van der Waals surface area contributed by atoms with E-state index in [1.807, 2.05) is 6.92 Å². The molecule has 2 aromatic rings. The van der Waals surface area contributed by atoms with E-state index < -0.39 is 17.6 Å². The van der Waals surface area contributed by atoms with E-state index in [0.717, 1.165) is 11.6 Å². The first-order chi connectivity index (χ1) is 15.8. The van der Waals surface area contributed by atoms with Gasteiger partial charge in [0.25, 0.3) is 5.91 Å². The fourth-order valence-electron chi connectivity index (χ4n) is 3.28. The van der Waals surface area contributed by atoms with Crippen LogP contribution in [0, 0.1) is 18.6 Å². The maximum atomic E-state index is 13.9. The van der Waals surface area contributed by atoms with Gasteiger partial charge in [-0.2, -0.15) is 0 Å². The molecule has 0 unspecified atom stereocenters. The number of halogens is 2. The minimum atomic E-state index is -0.641. The Morgan fingerprint density at radius 1 is 0.970 bits per heavy atom. The van der Waals surface area contributed by atoms with Crippen molar-refractivity contribution in [3.05, 3.63) is 58.7 Å². The molecule has 33 heavy (non-hydrogen) atoms. The van der Waals surface area contributed by atoms with Crippen LogP contribution in [0.3, 0.4) is 0 Å². The van der Waals surface area contributed by atoms with Crippen molar-refractivity contribution in [3.63, 3.8) is 0 Å². The molecule has 0 N–H and O–H groups in total. The van der Waals surface area contributed by atoms with Crippen LogP contribution >= 0.6 is 0 Å². The predicted molar refractivity (Wildman–Crippen MR) is 118 cm³/mol. The van der Waals surface area contributed by atoms with Crippen molar-refractivity contribution in [2.45, 2.75) is 19.8 Å². The summed E-state index contributed by atoms with van der Waals surface area (Å²) in [6.45, 7) is 2.18. The summed E-state index contributed by atoms with van der Waals surface area (Å²) in [5.74, 6) is -1.07. The number of benzene rings is 2. The summed E-state index contributed by atoms with van der Waals surface area (Å²) in [4.78, 5) is 26.1. The Morgan fingerprint density at radius 3 is 2.21 bits per heavy atom. The lowest BCUT2D eigenvalue weighted by Crippen LogP contribution is -2.35. The van der Waals surface area contributed by atoms with Gasteiger partial charge >= 0.3 is 5.97 Å². The van der Waals surface area contributed by atoms with E-state index in [4.69, 9.17) is 14.2 Å². The Morgan fingerprint density at radius 2 is 1.64 bits per heavy atom. The van der Waals surface area contributed by atoms with Crippen molar-refractivity contribution in [2.75, 3.05) is 47.6 Å². The Kier molecular flexibility index (Phi) is 10.1. The zero-order valence-corrected chi connectivity index (χ0v) is 19.3. The maximum absolute atomic E-state index is 13.9. The molecule has 0 saturated heterocycles. The molecular weight excluding hydrogens is 436 g/mol. The molecule has 0 radical (unpaired) electrons. The van der Waals surface area contributed by atoms with E-state index in [0.29, 0.717) is 35.5 Å². The van der Waals surface area contributed by atoms with Crippen molar-refractivity contribution in [1.29, 1.82) is 0 Å². The molecule has 0 saturated carbocycles. The van der Waals surface area contributed by atoms with Crippen LogP contribution in [0.4, 0.5) is 8.78 Å². The fraction of sp³-hybridized carbons (Fsp3) is 0.417. The topological polar surface area (TPSA) is 74.3 Å². The molecule has 0 spiro atoms. The highest BCUT2D eigenvalue weighted by Crippen LogP contribution is 2.30. The Labute approximate surface area is 192 Å². The van der Waals surface area contributed by atoms with E-state index in [9.17, 15) is 18.4 Å². The van der Waals surface area contributed by atoms with Crippen LogP contribution in [-0.4, -0.2) is 64.4 Å². The number of aryl methyl sites for hydroxylation is 1. The molecule has 0 aromatic heterocycles. The highest BCUT2D eigenvalue weighted by atomic mass is 19.1. The molecule has 180 valence electrons. The van der Waals surface area contributed by atoms with Crippen LogP contribution in [0.15, 0.2) is 30.3 Å². The average Bonchev–Trinajstić information content (AvgIpc) is 2.81. The largest absolute Gasteiger partial charge is 0.496 e. The summed E-state index contributed by atoms with van der Waals surface area (Å²) in [5, 5.41) is 0. The molecule has 0 bridgehead atoms. The molecule has 0 fully saturated rings. The minimum Gasteiger partial charge on any atom is -0.496 e. The summed E-state index contributed by atoms with van der Waals surface area (Å²) in [5.41, 5.74) is 1.48. The van der Waals surface area contributed by atoms with Gasteiger partial charge in [-0.25, -0.2) is 13.6 Å². The summed E-state index contributed by atoms with van der Waals surface area (Å²) in [6.07, 6.45) is 0.755. The van der Waals surface area contributed by atoms with Crippen LogP contribution in [0.5, 0.6) is 11.5 Å². The number of esters is 1. The number of ether oxygens (including phenoxy) is 4. The smallest absolute Gasteiger partial charge is 0.331 e.